The molecule has 1 aromatic rings. The van der Waals surface area contributed by atoms with Crippen LogP contribution in [0, 0.1) is 0 Å². The van der Waals surface area contributed by atoms with Gasteiger partial charge < -0.3 is 14.0 Å². The lowest BCUT2D eigenvalue weighted by molar-refractivity contribution is -0.143. The predicted octanol–water partition coefficient (Wildman–Crippen LogP) is 3.45. The molecule has 1 aliphatic rings. The topological polar surface area (TPSA) is 70.5 Å². The van der Waals surface area contributed by atoms with Crippen LogP contribution in [-0.2, 0) is 18.8 Å². The molecule has 1 aliphatic heterocycles. The lowest BCUT2D eigenvalue weighted by Gasteiger charge is -2.32. The van der Waals surface area contributed by atoms with Crippen LogP contribution in [0.5, 0.6) is 0 Å². The molecule has 0 spiro atoms. The standard InChI is InChI=1S/C15H21BCl2N2O4/c1-6-22-10(21)7-9(11-12(17)19-8-20-13(11)18)16-23-14(2,3)15(4,5)24-16/h8-9H,6-7H2,1-5H3. The van der Waals surface area contributed by atoms with Crippen LogP contribution in [-0.4, -0.2) is 40.9 Å². The van der Waals surface area contributed by atoms with Gasteiger partial charge in [-0.25, -0.2) is 9.97 Å². The molecule has 0 N–H and O–H groups in total. The van der Waals surface area contributed by atoms with Gasteiger partial charge in [-0.05, 0) is 34.6 Å². The average molecular weight is 375 g/mol. The summed E-state index contributed by atoms with van der Waals surface area (Å²) in [4.78, 5) is 20.0. The van der Waals surface area contributed by atoms with Gasteiger partial charge in [0.25, 0.3) is 0 Å². The molecule has 1 fully saturated rings. The van der Waals surface area contributed by atoms with E-state index in [0.29, 0.717) is 5.56 Å². The highest BCUT2D eigenvalue weighted by molar-refractivity contribution is 6.49. The number of carbonyl (C=O) groups is 1. The third-order valence-electron chi connectivity index (χ3n) is 4.45. The zero-order chi connectivity index (χ0) is 18.1. The van der Waals surface area contributed by atoms with Crippen molar-refractivity contribution >= 4 is 36.3 Å². The highest BCUT2D eigenvalue weighted by Crippen LogP contribution is 2.43. The SMILES string of the molecule is CCOC(=O)CC(B1OC(C)(C)C(C)(C)O1)c1c(Cl)ncnc1Cl. The minimum atomic E-state index is -0.722. The van der Waals surface area contributed by atoms with Gasteiger partial charge in [-0.2, -0.15) is 0 Å². The molecule has 6 nitrogen and oxygen atoms in total. The Morgan fingerprint density at radius 3 is 2.17 bits per heavy atom. The first-order chi connectivity index (χ1) is 11.1. The van der Waals surface area contributed by atoms with Crippen molar-refractivity contribution in [2.24, 2.45) is 0 Å². The maximum Gasteiger partial charge on any atom is 0.466 e. The Bertz CT molecular complexity index is 591. The molecule has 0 saturated carbocycles. The van der Waals surface area contributed by atoms with Crippen molar-refractivity contribution in [2.45, 2.75) is 58.1 Å². The van der Waals surface area contributed by atoms with Crippen LogP contribution in [0.2, 0.25) is 10.3 Å². The van der Waals surface area contributed by atoms with E-state index in [-0.39, 0.29) is 23.3 Å². The number of hydrogen-bond donors (Lipinski definition) is 0. The number of esters is 1. The molecule has 0 aliphatic carbocycles. The van der Waals surface area contributed by atoms with E-state index in [1.54, 1.807) is 6.92 Å². The molecule has 1 unspecified atom stereocenters. The highest BCUT2D eigenvalue weighted by atomic mass is 35.5. The molecule has 0 aromatic carbocycles. The van der Waals surface area contributed by atoms with Gasteiger partial charge in [0.2, 0.25) is 0 Å². The normalized spacial score (nSPS) is 20.0. The lowest BCUT2D eigenvalue weighted by atomic mass is 9.66. The molecular formula is C15H21BCl2N2O4. The Morgan fingerprint density at radius 1 is 1.21 bits per heavy atom. The highest BCUT2D eigenvalue weighted by Gasteiger charge is 2.55. The Balaban J connectivity index is 2.40. The Kier molecular flexibility index (Phi) is 5.80. The van der Waals surface area contributed by atoms with E-state index in [0.717, 1.165) is 0 Å². The van der Waals surface area contributed by atoms with E-state index in [1.165, 1.54) is 6.33 Å². The van der Waals surface area contributed by atoms with Gasteiger partial charge in [-0.3, -0.25) is 4.79 Å². The molecule has 0 radical (unpaired) electrons. The third kappa shape index (κ3) is 3.85. The van der Waals surface area contributed by atoms with Gasteiger partial charge in [0.05, 0.1) is 24.2 Å². The first kappa shape index (κ1) is 19.4. The van der Waals surface area contributed by atoms with Crippen molar-refractivity contribution in [1.82, 2.24) is 9.97 Å². The summed E-state index contributed by atoms with van der Waals surface area (Å²) in [5.41, 5.74) is -0.689. The van der Waals surface area contributed by atoms with Crippen LogP contribution in [0.3, 0.4) is 0 Å². The minimum absolute atomic E-state index is 0.00250. The van der Waals surface area contributed by atoms with Crippen molar-refractivity contribution in [2.75, 3.05) is 6.61 Å². The van der Waals surface area contributed by atoms with Crippen LogP contribution >= 0.6 is 23.2 Å². The van der Waals surface area contributed by atoms with Crippen molar-refractivity contribution < 1.29 is 18.8 Å². The van der Waals surface area contributed by atoms with Gasteiger partial charge in [0.15, 0.2) is 0 Å². The molecular weight excluding hydrogens is 354 g/mol. The average Bonchev–Trinajstić information content (AvgIpc) is 2.66. The molecule has 9 heteroatoms. The summed E-state index contributed by atoms with van der Waals surface area (Å²) in [5, 5.41) is 0.332. The second-order valence-electron chi connectivity index (χ2n) is 6.61. The van der Waals surface area contributed by atoms with E-state index in [1.807, 2.05) is 27.7 Å². The molecule has 2 rings (SSSR count). The molecule has 1 saturated heterocycles. The first-order valence-corrected chi connectivity index (χ1v) is 8.51. The van der Waals surface area contributed by atoms with Gasteiger partial charge in [0.1, 0.15) is 16.6 Å². The zero-order valence-electron chi connectivity index (χ0n) is 14.4. The Hall–Kier alpha value is -0.885. The van der Waals surface area contributed by atoms with E-state index < -0.39 is 30.1 Å². The zero-order valence-corrected chi connectivity index (χ0v) is 15.9. The van der Waals surface area contributed by atoms with Gasteiger partial charge >= 0.3 is 13.1 Å². The second kappa shape index (κ2) is 7.16. The fourth-order valence-corrected chi connectivity index (χ4v) is 3.04. The van der Waals surface area contributed by atoms with Gasteiger partial charge in [-0.15, -0.1) is 0 Å². The molecule has 1 atom stereocenters. The molecule has 0 amide bonds. The molecule has 1 aromatic heterocycles. The Morgan fingerprint density at radius 2 is 1.71 bits per heavy atom. The number of hydrogen-bond acceptors (Lipinski definition) is 6. The number of carbonyl (C=O) groups excluding carboxylic acids is 1. The van der Waals surface area contributed by atoms with Crippen molar-refractivity contribution in [3.63, 3.8) is 0 Å². The monoisotopic (exact) mass is 374 g/mol. The minimum Gasteiger partial charge on any atom is -0.466 e. The number of aromatic nitrogens is 2. The molecule has 2 heterocycles. The largest absolute Gasteiger partial charge is 0.466 e. The van der Waals surface area contributed by atoms with E-state index in [9.17, 15) is 4.79 Å². The fourth-order valence-electron chi connectivity index (χ4n) is 2.45. The van der Waals surface area contributed by atoms with E-state index in [4.69, 9.17) is 37.2 Å². The summed E-state index contributed by atoms with van der Waals surface area (Å²) in [6.45, 7) is 9.74. The third-order valence-corrected chi connectivity index (χ3v) is 5.05. The van der Waals surface area contributed by atoms with Crippen LogP contribution in [0.15, 0.2) is 6.33 Å². The maximum atomic E-state index is 12.1. The number of halogens is 2. The number of ether oxygens (including phenoxy) is 1. The van der Waals surface area contributed by atoms with Crippen LogP contribution in [0.1, 0.15) is 52.4 Å². The van der Waals surface area contributed by atoms with Crippen molar-refractivity contribution in [3.8, 4) is 0 Å². The van der Waals surface area contributed by atoms with Gasteiger partial charge in [0, 0.05) is 11.4 Å². The Labute approximate surface area is 152 Å². The maximum absolute atomic E-state index is 12.1. The van der Waals surface area contributed by atoms with Crippen molar-refractivity contribution in [3.05, 3.63) is 22.2 Å². The van der Waals surface area contributed by atoms with E-state index >= 15 is 0 Å². The summed E-state index contributed by atoms with van der Waals surface area (Å²) >= 11 is 12.4. The van der Waals surface area contributed by atoms with E-state index in [2.05, 4.69) is 9.97 Å². The smallest absolute Gasteiger partial charge is 0.466 e. The summed E-state index contributed by atoms with van der Waals surface area (Å²) in [5.74, 6) is -0.973. The van der Waals surface area contributed by atoms with Crippen molar-refractivity contribution in [1.29, 1.82) is 0 Å². The quantitative estimate of drug-likeness (QED) is 0.446. The fraction of sp³-hybridized carbons (Fsp3) is 0.667. The van der Waals surface area contributed by atoms with Crippen LogP contribution < -0.4 is 0 Å². The van der Waals surface area contributed by atoms with Crippen LogP contribution in [0.25, 0.3) is 0 Å². The van der Waals surface area contributed by atoms with Crippen LogP contribution in [0.4, 0.5) is 0 Å². The lowest BCUT2D eigenvalue weighted by Crippen LogP contribution is -2.41. The predicted molar refractivity (Wildman–Crippen MR) is 92.1 cm³/mol. The first-order valence-electron chi connectivity index (χ1n) is 7.76. The summed E-state index contributed by atoms with van der Waals surface area (Å²) < 4.78 is 17.2. The molecule has 24 heavy (non-hydrogen) atoms. The second-order valence-corrected chi connectivity index (χ2v) is 7.33. The van der Waals surface area contributed by atoms with Gasteiger partial charge in [-0.1, -0.05) is 23.2 Å². The summed E-state index contributed by atoms with van der Waals surface area (Å²) in [6.07, 6.45) is 1.26. The number of nitrogens with zero attached hydrogens (tertiary/aromatic N) is 2. The number of rotatable bonds is 5. The summed E-state index contributed by atoms with van der Waals surface area (Å²) in [7, 11) is -0.722. The molecule has 0 bridgehead atoms. The molecule has 132 valence electrons. The summed E-state index contributed by atoms with van der Waals surface area (Å²) in [6, 6.07) is 0.